The van der Waals surface area contributed by atoms with Gasteiger partial charge in [0.1, 0.15) is 5.52 Å². The Labute approximate surface area is 108 Å². The van der Waals surface area contributed by atoms with Gasteiger partial charge in [-0.15, -0.1) is 0 Å². The molecule has 2 rings (SSSR count). The molecule has 18 heavy (non-hydrogen) atoms. The third kappa shape index (κ3) is 2.81. The smallest absolute Gasteiger partial charge is 0.202 e. The third-order valence-electron chi connectivity index (χ3n) is 3.17. The molecule has 0 aliphatic rings. The molecule has 4 heteroatoms. The maximum Gasteiger partial charge on any atom is 0.202 e. The van der Waals surface area contributed by atoms with E-state index in [1.165, 1.54) is 12.8 Å². The number of imidazole rings is 1. The largest absolute Gasteiger partial charge is 0.369 e. The standard InChI is InChI=1S/C14H22N4/c1-10(2)6-4-5-9-18-13-12(17-14(18)15)8-7-11(3)16-13/h7-8,10H,4-6,9H2,1-3H3,(H2,15,17). The molecule has 0 aliphatic carbocycles. The molecule has 0 saturated heterocycles. The van der Waals surface area contributed by atoms with E-state index in [2.05, 4.69) is 23.8 Å². The van der Waals surface area contributed by atoms with Gasteiger partial charge in [0.2, 0.25) is 5.95 Å². The van der Waals surface area contributed by atoms with Gasteiger partial charge in [0.05, 0.1) is 0 Å². The van der Waals surface area contributed by atoms with Crippen molar-refractivity contribution in [2.75, 3.05) is 5.73 Å². The molecule has 0 fully saturated rings. The second kappa shape index (κ2) is 5.38. The lowest BCUT2D eigenvalue weighted by atomic mass is 10.1. The van der Waals surface area contributed by atoms with Gasteiger partial charge in [0.25, 0.3) is 0 Å². The molecule has 2 heterocycles. The molecule has 98 valence electrons. The summed E-state index contributed by atoms with van der Waals surface area (Å²) in [4.78, 5) is 8.88. The van der Waals surface area contributed by atoms with Crippen LogP contribution in [0.2, 0.25) is 0 Å². The fourth-order valence-corrected chi connectivity index (χ4v) is 2.16. The first-order valence-electron chi connectivity index (χ1n) is 6.67. The van der Waals surface area contributed by atoms with Gasteiger partial charge in [-0.25, -0.2) is 9.97 Å². The molecule has 0 unspecified atom stereocenters. The highest BCUT2D eigenvalue weighted by Gasteiger charge is 2.09. The number of nitrogens with zero attached hydrogens (tertiary/aromatic N) is 3. The number of rotatable bonds is 5. The maximum absolute atomic E-state index is 5.96. The predicted molar refractivity (Wildman–Crippen MR) is 75.4 cm³/mol. The molecule has 0 amide bonds. The summed E-state index contributed by atoms with van der Waals surface area (Å²) in [5.41, 5.74) is 8.77. The number of hydrogen-bond donors (Lipinski definition) is 1. The lowest BCUT2D eigenvalue weighted by molar-refractivity contribution is 0.513. The first kappa shape index (κ1) is 12.9. The summed E-state index contributed by atoms with van der Waals surface area (Å²) in [6, 6.07) is 3.95. The number of aryl methyl sites for hydroxylation is 2. The van der Waals surface area contributed by atoms with Crippen molar-refractivity contribution >= 4 is 17.1 Å². The second-order valence-corrected chi connectivity index (χ2v) is 5.31. The number of unbranched alkanes of at least 4 members (excludes halogenated alkanes) is 1. The average molecular weight is 246 g/mol. The summed E-state index contributed by atoms with van der Waals surface area (Å²) in [5.74, 6) is 1.34. The molecule has 0 saturated carbocycles. The number of nitrogens with two attached hydrogens (primary N) is 1. The highest BCUT2D eigenvalue weighted by atomic mass is 15.2. The zero-order valence-corrected chi connectivity index (χ0v) is 11.5. The summed E-state index contributed by atoms with van der Waals surface area (Å²) in [6.07, 6.45) is 3.62. The number of anilines is 1. The van der Waals surface area contributed by atoms with E-state index >= 15 is 0 Å². The van der Waals surface area contributed by atoms with Gasteiger partial charge in [-0.05, 0) is 31.4 Å². The van der Waals surface area contributed by atoms with Crippen molar-refractivity contribution in [3.63, 3.8) is 0 Å². The fourth-order valence-electron chi connectivity index (χ4n) is 2.16. The van der Waals surface area contributed by atoms with Gasteiger partial charge in [0.15, 0.2) is 5.65 Å². The molecule has 0 radical (unpaired) electrons. The van der Waals surface area contributed by atoms with Crippen molar-refractivity contribution in [1.29, 1.82) is 0 Å². The van der Waals surface area contributed by atoms with Gasteiger partial charge < -0.3 is 5.73 Å². The van der Waals surface area contributed by atoms with Crippen molar-refractivity contribution in [2.45, 2.75) is 46.6 Å². The molecule has 0 spiro atoms. The van der Waals surface area contributed by atoms with E-state index in [-0.39, 0.29) is 0 Å². The maximum atomic E-state index is 5.96. The lowest BCUT2D eigenvalue weighted by Gasteiger charge is -2.07. The van der Waals surface area contributed by atoms with Gasteiger partial charge in [0, 0.05) is 12.2 Å². The van der Waals surface area contributed by atoms with E-state index in [0.717, 1.165) is 35.7 Å². The molecule has 0 aliphatic heterocycles. The van der Waals surface area contributed by atoms with E-state index in [0.29, 0.717) is 5.95 Å². The lowest BCUT2D eigenvalue weighted by Crippen LogP contribution is -2.05. The topological polar surface area (TPSA) is 56.7 Å². The number of fused-ring (bicyclic) bond motifs is 1. The number of nitrogen functional groups attached to an aromatic ring is 1. The first-order valence-corrected chi connectivity index (χ1v) is 6.67. The van der Waals surface area contributed by atoms with Crippen LogP contribution in [-0.4, -0.2) is 14.5 Å². The Morgan fingerprint density at radius 3 is 2.72 bits per heavy atom. The Balaban J connectivity index is 2.12. The van der Waals surface area contributed by atoms with Crippen LogP contribution in [0.4, 0.5) is 5.95 Å². The van der Waals surface area contributed by atoms with E-state index in [4.69, 9.17) is 5.73 Å². The van der Waals surface area contributed by atoms with Gasteiger partial charge >= 0.3 is 0 Å². The first-order chi connectivity index (χ1) is 8.58. The summed E-state index contributed by atoms with van der Waals surface area (Å²) in [5, 5.41) is 0. The molecule has 0 bridgehead atoms. The average Bonchev–Trinajstić information content (AvgIpc) is 2.60. The van der Waals surface area contributed by atoms with Crippen LogP contribution in [0, 0.1) is 12.8 Å². The summed E-state index contributed by atoms with van der Waals surface area (Å²) < 4.78 is 2.03. The molecule has 2 aromatic rings. The van der Waals surface area contributed by atoms with Crippen LogP contribution in [0.5, 0.6) is 0 Å². The van der Waals surface area contributed by atoms with E-state index in [1.807, 2.05) is 23.6 Å². The minimum atomic E-state index is 0.577. The predicted octanol–water partition coefficient (Wildman–Crippen LogP) is 3.15. The van der Waals surface area contributed by atoms with Crippen LogP contribution in [0.25, 0.3) is 11.2 Å². The molecule has 0 atom stereocenters. The highest BCUT2D eigenvalue weighted by Crippen LogP contribution is 2.17. The van der Waals surface area contributed by atoms with Crippen molar-refractivity contribution in [2.24, 2.45) is 5.92 Å². The Morgan fingerprint density at radius 1 is 1.22 bits per heavy atom. The van der Waals surface area contributed by atoms with Crippen molar-refractivity contribution in [1.82, 2.24) is 14.5 Å². The van der Waals surface area contributed by atoms with E-state index in [9.17, 15) is 0 Å². The quantitative estimate of drug-likeness (QED) is 0.824. The van der Waals surface area contributed by atoms with Gasteiger partial charge in [-0.2, -0.15) is 0 Å². The highest BCUT2D eigenvalue weighted by molar-refractivity contribution is 5.74. The van der Waals surface area contributed by atoms with Crippen LogP contribution >= 0.6 is 0 Å². The minimum Gasteiger partial charge on any atom is -0.369 e. The molecule has 0 aromatic carbocycles. The second-order valence-electron chi connectivity index (χ2n) is 5.31. The number of pyridine rings is 1. The van der Waals surface area contributed by atoms with E-state index < -0.39 is 0 Å². The van der Waals surface area contributed by atoms with Gasteiger partial charge in [-0.3, -0.25) is 4.57 Å². The van der Waals surface area contributed by atoms with Crippen LogP contribution in [-0.2, 0) is 6.54 Å². The Morgan fingerprint density at radius 2 is 2.00 bits per heavy atom. The monoisotopic (exact) mass is 246 g/mol. The number of aromatic nitrogens is 3. The molecular formula is C14H22N4. The van der Waals surface area contributed by atoms with Crippen molar-refractivity contribution in [3.05, 3.63) is 17.8 Å². The van der Waals surface area contributed by atoms with Crippen LogP contribution in [0.1, 0.15) is 38.8 Å². The number of hydrogen-bond acceptors (Lipinski definition) is 3. The summed E-state index contributed by atoms with van der Waals surface area (Å²) in [6.45, 7) is 7.41. The normalized spacial score (nSPS) is 11.6. The zero-order valence-electron chi connectivity index (χ0n) is 11.5. The molecule has 4 nitrogen and oxygen atoms in total. The molecular weight excluding hydrogens is 224 g/mol. The Kier molecular flexibility index (Phi) is 3.84. The Hall–Kier alpha value is -1.58. The third-order valence-corrected chi connectivity index (χ3v) is 3.17. The van der Waals surface area contributed by atoms with Crippen molar-refractivity contribution in [3.8, 4) is 0 Å². The Bertz CT molecular complexity index is 528. The van der Waals surface area contributed by atoms with E-state index in [1.54, 1.807) is 0 Å². The molecule has 2 aromatic heterocycles. The van der Waals surface area contributed by atoms with Gasteiger partial charge in [-0.1, -0.05) is 26.7 Å². The summed E-state index contributed by atoms with van der Waals surface area (Å²) in [7, 11) is 0. The van der Waals surface area contributed by atoms with Crippen molar-refractivity contribution < 1.29 is 0 Å². The fraction of sp³-hybridized carbons (Fsp3) is 0.571. The minimum absolute atomic E-state index is 0.577. The molecule has 2 N–H and O–H groups in total. The zero-order chi connectivity index (χ0) is 13.1. The van der Waals surface area contributed by atoms with Crippen LogP contribution in [0.3, 0.4) is 0 Å². The van der Waals surface area contributed by atoms with Crippen LogP contribution in [0.15, 0.2) is 12.1 Å². The SMILES string of the molecule is Cc1ccc2nc(N)n(CCCCC(C)C)c2n1. The van der Waals surface area contributed by atoms with Crippen LogP contribution < -0.4 is 5.73 Å². The summed E-state index contributed by atoms with van der Waals surface area (Å²) >= 11 is 0.